The topological polar surface area (TPSA) is 128 Å². The highest BCUT2D eigenvalue weighted by molar-refractivity contribution is 9.10. The highest BCUT2D eigenvalue weighted by Crippen LogP contribution is 2.14. The Bertz CT molecular complexity index is 900. The number of ether oxygens (including phenoxy) is 1. The van der Waals surface area contributed by atoms with Crippen molar-refractivity contribution in [3.63, 3.8) is 0 Å². The SMILES string of the molecule is CC(OC(=O)c1cncc(Br)c1)C(=O)Nc1ccc(S(N)(=O)=O)cc1. The fraction of sp³-hybridized carbons (Fsp3) is 0.133. The molecule has 1 unspecified atom stereocenters. The van der Waals surface area contributed by atoms with Crippen molar-refractivity contribution in [1.82, 2.24) is 4.98 Å². The van der Waals surface area contributed by atoms with Crippen molar-refractivity contribution in [3.8, 4) is 0 Å². The number of nitrogens with zero attached hydrogens (tertiary/aromatic N) is 1. The Kier molecular flexibility index (Phi) is 5.88. The van der Waals surface area contributed by atoms with E-state index < -0.39 is 28.0 Å². The molecular weight excluding hydrogens is 414 g/mol. The van der Waals surface area contributed by atoms with Crippen LogP contribution in [0.15, 0.2) is 52.1 Å². The van der Waals surface area contributed by atoms with E-state index in [0.29, 0.717) is 10.2 Å². The average Bonchev–Trinajstić information content (AvgIpc) is 2.54. The highest BCUT2D eigenvalue weighted by atomic mass is 79.9. The smallest absolute Gasteiger partial charge is 0.340 e. The van der Waals surface area contributed by atoms with Crippen LogP contribution in [0.25, 0.3) is 0 Å². The predicted octanol–water partition coefficient (Wildman–Crippen LogP) is 1.68. The van der Waals surface area contributed by atoms with Crippen LogP contribution in [0.1, 0.15) is 17.3 Å². The zero-order valence-electron chi connectivity index (χ0n) is 13.0. The molecular formula is C15H14BrN3O5S. The molecule has 132 valence electrons. The quantitative estimate of drug-likeness (QED) is 0.698. The summed E-state index contributed by atoms with van der Waals surface area (Å²) in [6, 6.07) is 6.80. The van der Waals surface area contributed by atoms with E-state index in [-0.39, 0.29) is 10.5 Å². The third-order valence-corrected chi connectivity index (χ3v) is 4.41. The van der Waals surface area contributed by atoms with Crippen LogP contribution < -0.4 is 10.5 Å². The van der Waals surface area contributed by atoms with Gasteiger partial charge in [-0.1, -0.05) is 0 Å². The minimum atomic E-state index is -3.81. The maximum Gasteiger partial charge on any atom is 0.340 e. The third-order valence-electron chi connectivity index (χ3n) is 3.04. The molecule has 0 aliphatic rings. The van der Waals surface area contributed by atoms with Crippen molar-refractivity contribution in [2.45, 2.75) is 17.9 Å². The van der Waals surface area contributed by atoms with E-state index in [1.807, 2.05) is 0 Å². The number of nitrogens with one attached hydrogen (secondary N) is 1. The number of anilines is 1. The monoisotopic (exact) mass is 427 g/mol. The number of sulfonamides is 1. The second-order valence-corrected chi connectivity index (χ2v) is 7.48. The lowest BCUT2D eigenvalue weighted by molar-refractivity contribution is -0.123. The van der Waals surface area contributed by atoms with Gasteiger partial charge < -0.3 is 10.1 Å². The molecule has 0 radical (unpaired) electrons. The molecule has 1 amide bonds. The van der Waals surface area contributed by atoms with Gasteiger partial charge in [-0.2, -0.15) is 0 Å². The van der Waals surface area contributed by atoms with Crippen molar-refractivity contribution in [2.24, 2.45) is 5.14 Å². The van der Waals surface area contributed by atoms with Gasteiger partial charge in [-0.05, 0) is 53.2 Å². The number of benzene rings is 1. The van der Waals surface area contributed by atoms with Crippen molar-refractivity contribution in [2.75, 3.05) is 5.32 Å². The van der Waals surface area contributed by atoms with Gasteiger partial charge in [0.15, 0.2) is 6.10 Å². The first kappa shape index (κ1) is 19.0. The molecule has 0 fully saturated rings. The third kappa shape index (κ3) is 5.34. The number of nitrogens with two attached hydrogens (primary N) is 1. The Hall–Kier alpha value is -2.30. The summed E-state index contributed by atoms with van der Waals surface area (Å²) >= 11 is 3.19. The number of halogens is 1. The lowest BCUT2D eigenvalue weighted by Gasteiger charge is -2.13. The summed E-state index contributed by atoms with van der Waals surface area (Å²) in [6.45, 7) is 1.41. The number of hydrogen-bond acceptors (Lipinski definition) is 6. The van der Waals surface area contributed by atoms with Crippen LogP contribution in [-0.4, -0.2) is 31.4 Å². The van der Waals surface area contributed by atoms with Crippen molar-refractivity contribution >= 4 is 43.5 Å². The van der Waals surface area contributed by atoms with Crippen molar-refractivity contribution in [3.05, 3.63) is 52.8 Å². The van der Waals surface area contributed by atoms with Gasteiger partial charge in [0, 0.05) is 22.6 Å². The number of pyridine rings is 1. The van der Waals surface area contributed by atoms with E-state index >= 15 is 0 Å². The zero-order valence-corrected chi connectivity index (χ0v) is 15.4. The molecule has 0 saturated heterocycles. The maximum atomic E-state index is 12.1. The molecule has 1 atom stereocenters. The standard InChI is InChI=1S/C15H14BrN3O5S/c1-9(24-15(21)10-6-11(16)8-18-7-10)14(20)19-12-2-4-13(5-3-12)25(17,22)23/h2-9H,1H3,(H,19,20)(H2,17,22,23). The van der Waals surface area contributed by atoms with E-state index in [1.54, 1.807) is 0 Å². The summed E-state index contributed by atoms with van der Waals surface area (Å²) in [5, 5.41) is 7.51. The first-order valence-electron chi connectivity index (χ1n) is 6.92. The normalized spacial score (nSPS) is 12.3. The average molecular weight is 428 g/mol. The molecule has 1 aromatic heterocycles. The van der Waals surface area contributed by atoms with Crippen LogP contribution in [-0.2, 0) is 19.6 Å². The van der Waals surface area contributed by atoms with E-state index in [4.69, 9.17) is 9.88 Å². The molecule has 8 nitrogen and oxygen atoms in total. The van der Waals surface area contributed by atoms with Gasteiger partial charge in [-0.25, -0.2) is 18.4 Å². The molecule has 25 heavy (non-hydrogen) atoms. The fourth-order valence-corrected chi connectivity index (χ4v) is 2.66. The van der Waals surface area contributed by atoms with Crippen molar-refractivity contribution in [1.29, 1.82) is 0 Å². The first-order valence-corrected chi connectivity index (χ1v) is 9.26. The van der Waals surface area contributed by atoms with Gasteiger partial charge in [-0.15, -0.1) is 0 Å². The Balaban J connectivity index is 1.99. The van der Waals surface area contributed by atoms with E-state index in [1.165, 1.54) is 49.6 Å². The summed E-state index contributed by atoms with van der Waals surface area (Å²) in [4.78, 5) is 27.8. The fourth-order valence-electron chi connectivity index (χ4n) is 1.78. The number of amides is 1. The highest BCUT2D eigenvalue weighted by Gasteiger charge is 2.19. The Morgan fingerprint density at radius 3 is 2.44 bits per heavy atom. The second-order valence-electron chi connectivity index (χ2n) is 5.00. The first-order chi connectivity index (χ1) is 11.7. The molecule has 0 aliphatic heterocycles. The Morgan fingerprint density at radius 2 is 1.88 bits per heavy atom. The van der Waals surface area contributed by atoms with Crippen LogP contribution in [0.4, 0.5) is 5.69 Å². The number of aromatic nitrogens is 1. The van der Waals surface area contributed by atoms with E-state index in [2.05, 4.69) is 26.2 Å². The van der Waals surface area contributed by atoms with E-state index in [9.17, 15) is 18.0 Å². The molecule has 3 N–H and O–H groups in total. The number of esters is 1. The van der Waals surface area contributed by atoms with Crippen LogP contribution in [0.3, 0.4) is 0 Å². The lowest BCUT2D eigenvalue weighted by Crippen LogP contribution is -2.30. The number of carbonyl (C=O) groups is 2. The molecule has 2 aromatic rings. The molecule has 0 spiro atoms. The Morgan fingerprint density at radius 1 is 1.24 bits per heavy atom. The van der Waals surface area contributed by atoms with Gasteiger partial charge in [-0.3, -0.25) is 9.78 Å². The van der Waals surface area contributed by atoms with Gasteiger partial charge in [0.25, 0.3) is 5.91 Å². The molecule has 0 aliphatic carbocycles. The maximum absolute atomic E-state index is 12.1. The van der Waals surface area contributed by atoms with Crippen LogP contribution >= 0.6 is 15.9 Å². The van der Waals surface area contributed by atoms with Gasteiger partial charge in [0.1, 0.15) is 0 Å². The summed E-state index contributed by atoms with van der Waals surface area (Å²) in [5.41, 5.74) is 0.538. The van der Waals surface area contributed by atoms with Gasteiger partial charge in [0.2, 0.25) is 10.0 Å². The summed E-state index contributed by atoms with van der Waals surface area (Å²) in [5.74, 6) is -1.26. The summed E-state index contributed by atoms with van der Waals surface area (Å²) < 4.78 is 28.0. The molecule has 10 heteroatoms. The summed E-state index contributed by atoms with van der Waals surface area (Å²) in [7, 11) is -3.81. The lowest BCUT2D eigenvalue weighted by atomic mass is 10.2. The van der Waals surface area contributed by atoms with E-state index in [0.717, 1.165) is 0 Å². The molecule has 0 saturated carbocycles. The minimum absolute atomic E-state index is 0.0767. The number of carbonyl (C=O) groups excluding carboxylic acids is 2. The molecule has 0 bridgehead atoms. The molecule has 2 rings (SSSR count). The predicted molar refractivity (Wildman–Crippen MR) is 93.3 cm³/mol. The summed E-state index contributed by atoms with van der Waals surface area (Å²) in [6.07, 6.45) is 1.77. The second kappa shape index (κ2) is 7.72. The van der Waals surface area contributed by atoms with Gasteiger partial charge in [0.05, 0.1) is 10.5 Å². The largest absolute Gasteiger partial charge is 0.449 e. The molecule has 1 aromatic carbocycles. The van der Waals surface area contributed by atoms with Crippen molar-refractivity contribution < 1.29 is 22.7 Å². The number of rotatable bonds is 5. The number of primary sulfonamides is 1. The number of hydrogen-bond donors (Lipinski definition) is 2. The Labute approximate surface area is 152 Å². The molecule has 1 heterocycles. The zero-order chi connectivity index (χ0) is 18.6. The van der Waals surface area contributed by atoms with Crippen LogP contribution in [0, 0.1) is 0 Å². The van der Waals surface area contributed by atoms with Crippen LogP contribution in [0.5, 0.6) is 0 Å². The van der Waals surface area contributed by atoms with Gasteiger partial charge >= 0.3 is 5.97 Å². The minimum Gasteiger partial charge on any atom is -0.449 e. The van der Waals surface area contributed by atoms with Crippen LogP contribution in [0.2, 0.25) is 0 Å².